The molecule has 2 unspecified atom stereocenters. The molecule has 1 heterocycles. The number of carboxylic acids is 1. The summed E-state index contributed by atoms with van der Waals surface area (Å²) in [7, 11) is 0. The molecular weight excluding hydrogens is 239 g/mol. The second-order valence-electron chi connectivity index (χ2n) is 4.08. The molecule has 7 heteroatoms. The van der Waals surface area contributed by atoms with E-state index in [-0.39, 0.29) is 12.6 Å². The fraction of sp³-hybridized carbons (Fsp3) is 0.900. The van der Waals surface area contributed by atoms with E-state index in [1.54, 1.807) is 0 Å². The first-order valence-electron chi connectivity index (χ1n) is 5.53. The Morgan fingerprint density at radius 1 is 1.47 bits per heavy atom. The van der Waals surface area contributed by atoms with E-state index in [9.17, 15) is 18.0 Å². The predicted molar refractivity (Wildman–Crippen MR) is 53.6 cm³/mol. The van der Waals surface area contributed by atoms with Crippen LogP contribution in [-0.4, -0.2) is 43.1 Å². The summed E-state index contributed by atoms with van der Waals surface area (Å²) < 4.78 is 42.2. The summed E-state index contributed by atoms with van der Waals surface area (Å²) in [6, 6.07) is 0. The van der Waals surface area contributed by atoms with Crippen molar-refractivity contribution in [3.05, 3.63) is 0 Å². The minimum Gasteiger partial charge on any atom is -0.481 e. The molecule has 0 aromatic heterocycles. The van der Waals surface area contributed by atoms with Crippen LogP contribution in [0.3, 0.4) is 0 Å². The molecular formula is C10H16F3NO3. The Hall–Kier alpha value is -0.820. The maximum absolute atomic E-state index is 12.3. The smallest absolute Gasteiger partial charge is 0.403 e. The van der Waals surface area contributed by atoms with Gasteiger partial charge < -0.3 is 15.2 Å². The molecule has 0 aliphatic carbocycles. The molecule has 0 aromatic carbocycles. The number of nitrogens with one attached hydrogen (secondary N) is 1. The van der Waals surface area contributed by atoms with Crippen molar-refractivity contribution in [2.75, 3.05) is 19.7 Å². The van der Waals surface area contributed by atoms with Gasteiger partial charge in [0.05, 0.1) is 6.10 Å². The number of hydrogen-bond donors (Lipinski definition) is 2. The van der Waals surface area contributed by atoms with E-state index in [1.807, 2.05) is 0 Å². The molecule has 0 radical (unpaired) electrons. The average molecular weight is 255 g/mol. The van der Waals surface area contributed by atoms with Crippen molar-refractivity contribution in [2.45, 2.75) is 31.5 Å². The Bertz CT molecular complexity index is 252. The summed E-state index contributed by atoms with van der Waals surface area (Å²) in [6.07, 6.45) is -2.06. The molecule has 0 amide bonds. The Balaban J connectivity index is 2.29. The number of aliphatic carboxylic acids is 1. The average Bonchev–Trinajstić information content (AvgIpc) is 2.23. The fourth-order valence-electron chi connectivity index (χ4n) is 1.70. The first-order valence-corrected chi connectivity index (χ1v) is 5.53. The molecule has 1 fully saturated rings. The normalized spacial score (nSPS) is 23.4. The van der Waals surface area contributed by atoms with Gasteiger partial charge in [0.25, 0.3) is 0 Å². The summed E-state index contributed by atoms with van der Waals surface area (Å²) in [5, 5.41) is 11.0. The lowest BCUT2D eigenvalue weighted by atomic mass is 10.1. The van der Waals surface area contributed by atoms with Crippen molar-refractivity contribution in [1.82, 2.24) is 5.32 Å². The van der Waals surface area contributed by atoms with Crippen molar-refractivity contribution in [3.8, 4) is 0 Å². The van der Waals surface area contributed by atoms with E-state index in [1.165, 1.54) is 0 Å². The molecule has 100 valence electrons. The third kappa shape index (κ3) is 4.91. The van der Waals surface area contributed by atoms with Gasteiger partial charge in [-0.25, -0.2) is 0 Å². The van der Waals surface area contributed by atoms with Gasteiger partial charge in [-0.15, -0.1) is 0 Å². The minimum absolute atomic E-state index is 0.105. The largest absolute Gasteiger partial charge is 0.481 e. The highest BCUT2D eigenvalue weighted by Gasteiger charge is 2.44. The number of rotatable bonds is 5. The zero-order valence-corrected chi connectivity index (χ0v) is 9.29. The van der Waals surface area contributed by atoms with Crippen LogP contribution in [0.4, 0.5) is 13.2 Å². The summed E-state index contributed by atoms with van der Waals surface area (Å²) in [6.45, 7) is 0.270. The molecule has 4 nitrogen and oxygen atoms in total. The van der Waals surface area contributed by atoms with Crippen LogP contribution in [-0.2, 0) is 9.53 Å². The highest BCUT2D eigenvalue weighted by atomic mass is 19.4. The molecule has 0 saturated carbocycles. The molecule has 0 aromatic rings. The number of halogens is 3. The van der Waals surface area contributed by atoms with Crippen molar-refractivity contribution in [3.63, 3.8) is 0 Å². The van der Waals surface area contributed by atoms with Crippen LogP contribution in [0.25, 0.3) is 0 Å². The van der Waals surface area contributed by atoms with E-state index < -0.39 is 24.6 Å². The molecule has 0 bridgehead atoms. The summed E-state index contributed by atoms with van der Waals surface area (Å²) in [5.74, 6) is -4.21. The van der Waals surface area contributed by atoms with E-state index >= 15 is 0 Å². The van der Waals surface area contributed by atoms with Crippen LogP contribution in [0.1, 0.15) is 19.3 Å². The Labute approximate surface area is 97.1 Å². The number of ether oxygens (including phenoxy) is 1. The topological polar surface area (TPSA) is 58.6 Å². The Morgan fingerprint density at radius 3 is 2.65 bits per heavy atom. The van der Waals surface area contributed by atoms with Crippen LogP contribution in [0.5, 0.6) is 0 Å². The lowest BCUT2D eigenvalue weighted by Crippen LogP contribution is -2.42. The van der Waals surface area contributed by atoms with E-state index in [0.717, 1.165) is 19.3 Å². The first kappa shape index (κ1) is 14.2. The van der Waals surface area contributed by atoms with E-state index in [0.29, 0.717) is 6.61 Å². The van der Waals surface area contributed by atoms with Gasteiger partial charge in [-0.05, 0) is 19.3 Å². The van der Waals surface area contributed by atoms with E-state index in [2.05, 4.69) is 5.32 Å². The molecule has 17 heavy (non-hydrogen) atoms. The van der Waals surface area contributed by atoms with Crippen molar-refractivity contribution < 1.29 is 27.8 Å². The molecule has 1 saturated heterocycles. The lowest BCUT2D eigenvalue weighted by Gasteiger charge is -2.24. The summed E-state index contributed by atoms with van der Waals surface area (Å²) >= 11 is 0. The Kier molecular flexibility index (Phi) is 5.20. The molecule has 1 aliphatic heterocycles. The van der Waals surface area contributed by atoms with Gasteiger partial charge in [0.15, 0.2) is 5.92 Å². The van der Waals surface area contributed by atoms with Gasteiger partial charge in [-0.1, -0.05) is 0 Å². The fourth-order valence-corrected chi connectivity index (χ4v) is 1.70. The van der Waals surface area contributed by atoms with Gasteiger partial charge in [-0.3, -0.25) is 4.79 Å². The van der Waals surface area contributed by atoms with Crippen molar-refractivity contribution in [2.24, 2.45) is 5.92 Å². The minimum atomic E-state index is -4.72. The standard InChI is InChI=1S/C10H16F3NO3/c11-10(12,13)8(9(15)16)6-14-5-7-3-1-2-4-17-7/h7-8,14H,1-6H2,(H,15,16). The van der Waals surface area contributed by atoms with Crippen LogP contribution < -0.4 is 5.32 Å². The third-order valence-electron chi connectivity index (χ3n) is 2.69. The number of hydrogen-bond acceptors (Lipinski definition) is 3. The van der Waals surface area contributed by atoms with Crippen molar-refractivity contribution >= 4 is 5.97 Å². The zero-order valence-electron chi connectivity index (χ0n) is 9.29. The highest BCUT2D eigenvalue weighted by Crippen LogP contribution is 2.25. The molecule has 2 atom stereocenters. The van der Waals surface area contributed by atoms with Gasteiger partial charge in [0, 0.05) is 19.7 Å². The predicted octanol–water partition coefficient (Wildman–Crippen LogP) is 1.41. The lowest BCUT2D eigenvalue weighted by molar-refractivity contribution is -0.192. The van der Waals surface area contributed by atoms with Gasteiger partial charge >= 0.3 is 12.1 Å². The third-order valence-corrected chi connectivity index (χ3v) is 2.69. The quantitative estimate of drug-likeness (QED) is 0.779. The van der Waals surface area contributed by atoms with Gasteiger partial charge in [0.1, 0.15) is 0 Å². The van der Waals surface area contributed by atoms with Crippen molar-refractivity contribution in [1.29, 1.82) is 0 Å². The molecule has 1 aliphatic rings. The highest BCUT2D eigenvalue weighted by molar-refractivity contribution is 5.71. The van der Waals surface area contributed by atoms with Gasteiger partial charge in [0.2, 0.25) is 0 Å². The second-order valence-corrected chi connectivity index (χ2v) is 4.08. The van der Waals surface area contributed by atoms with E-state index in [4.69, 9.17) is 9.84 Å². The summed E-state index contributed by atoms with van der Waals surface area (Å²) in [4.78, 5) is 10.4. The van der Waals surface area contributed by atoms with Crippen LogP contribution in [0, 0.1) is 5.92 Å². The molecule has 1 rings (SSSR count). The van der Waals surface area contributed by atoms with Gasteiger partial charge in [-0.2, -0.15) is 13.2 Å². The van der Waals surface area contributed by atoms with Crippen LogP contribution in [0.2, 0.25) is 0 Å². The maximum Gasteiger partial charge on any atom is 0.403 e. The Morgan fingerprint density at radius 2 is 2.18 bits per heavy atom. The summed E-state index contributed by atoms with van der Waals surface area (Å²) in [5.41, 5.74) is 0. The molecule has 0 spiro atoms. The number of alkyl halides is 3. The second kappa shape index (κ2) is 6.20. The zero-order chi connectivity index (χ0) is 12.9. The number of carboxylic acid groups (broad SMARTS) is 1. The number of carbonyl (C=O) groups is 1. The SMILES string of the molecule is O=C(O)C(CNCC1CCCCO1)C(F)(F)F. The van der Waals surface area contributed by atoms with Crippen LogP contribution in [0.15, 0.2) is 0 Å². The monoisotopic (exact) mass is 255 g/mol. The molecule has 2 N–H and O–H groups in total. The first-order chi connectivity index (χ1) is 7.91. The maximum atomic E-state index is 12.3. The van der Waals surface area contributed by atoms with Crippen LogP contribution >= 0.6 is 0 Å².